The third kappa shape index (κ3) is 7.91. The molecular weight excluding hydrogens is 496 g/mol. The van der Waals surface area contributed by atoms with Crippen LogP contribution in [-0.2, 0) is 18.4 Å². The van der Waals surface area contributed by atoms with E-state index in [1.54, 1.807) is 6.26 Å². The number of benzene rings is 2. The Balaban J connectivity index is 0.00000115. The molecule has 0 spiro atoms. The summed E-state index contributed by atoms with van der Waals surface area (Å²) in [7, 11) is 0. The summed E-state index contributed by atoms with van der Waals surface area (Å²) in [5.74, 6) is 0.784. The number of rotatable bonds is 6. The summed E-state index contributed by atoms with van der Waals surface area (Å²) < 4.78 is 8.43. The summed E-state index contributed by atoms with van der Waals surface area (Å²) in [6, 6.07) is 15.0. The van der Waals surface area contributed by atoms with Crippen molar-refractivity contribution in [3.63, 3.8) is 0 Å². The number of halogens is 1. The fraction of sp³-hybridized carbons (Fsp3) is 0.469. The molecule has 0 radical (unpaired) electrons. The van der Waals surface area contributed by atoms with Crippen molar-refractivity contribution < 1.29 is 4.42 Å². The van der Waals surface area contributed by atoms with E-state index >= 15 is 0 Å². The predicted octanol–water partition coefficient (Wildman–Crippen LogP) is 10.4. The van der Waals surface area contributed by atoms with Gasteiger partial charge in [-0.2, -0.15) is 0 Å². The first-order valence-corrected chi connectivity index (χ1v) is 14.6. The Morgan fingerprint density at radius 1 is 0.919 bits per heavy atom. The van der Waals surface area contributed by atoms with Crippen LogP contribution in [0.3, 0.4) is 0 Å². The second kappa shape index (κ2) is 13.1. The number of oxazole rings is 1. The first-order chi connectivity index (χ1) is 17.4. The van der Waals surface area contributed by atoms with E-state index in [1.165, 1.54) is 32.6 Å². The Morgan fingerprint density at radius 2 is 1.54 bits per heavy atom. The summed E-state index contributed by atoms with van der Waals surface area (Å²) in [6.07, 6.45) is 2.57. The SMILES string of the molecule is CC.CC.Cc1ccc2c(c1)c(SC(C)(C)C)c(CC(C)(C)c1nc(C)co1)n2Cc1ccc(Cl)cc1. The first kappa shape index (κ1) is 31.1. The average Bonchev–Trinajstić information content (AvgIpc) is 3.40. The van der Waals surface area contributed by atoms with Crippen LogP contribution in [0, 0.1) is 13.8 Å². The van der Waals surface area contributed by atoms with Gasteiger partial charge in [0, 0.05) is 49.6 Å². The molecule has 2 heterocycles. The summed E-state index contributed by atoms with van der Waals surface area (Å²) >= 11 is 8.11. The van der Waals surface area contributed by atoms with Crippen molar-refractivity contribution >= 4 is 34.3 Å². The molecule has 0 saturated carbocycles. The second-order valence-electron chi connectivity index (χ2n) is 10.6. The van der Waals surface area contributed by atoms with E-state index in [4.69, 9.17) is 16.0 Å². The Labute approximate surface area is 234 Å². The number of aromatic nitrogens is 2. The van der Waals surface area contributed by atoms with E-state index in [-0.39, 0.29) is 10.2 Å². The Morgan fingerprint density at radius 3 is 2.08 bits per heavy atom. The highest BCUT2D eigenvalue weighted by Gasteiger charge is 2.32. The third-order valence-corrected chi connectivity index (χ3v) is 7.27. The zero-order chi connectivity index (χ0) is 28.0. The van der Waals surface area contributed by atoms with E-state index in [2.05, 4.69) is 81.4 Å². The van der Waals surface area contributed by atoms with Crippen LogP contribution in [0.15, 0.2) is 58.0 Å². The van der Waals surface area contributed by atoms with Crippen molar-refractivity contribution in [2.45, 2.75) is 104 Å². The molecule has 2 aromatic heterocycles. The topological polar surface area (TPSA) is 31.0 Å². The van der Waals surface area contributed by atoms with Crippen LogP contribution in [0.4, 0.5) is 0 Å². The molecule has 5 heteroatoms. The van der Waals surface area contributed by atoms with Crippen LogP contribution in [0.1, 0.15) is 90.7 Å². The van der Waals surface area contributed by atoms with Crippen LogP contribution < -0.4 is 0 Å². The van der Waals surface area contributed by atoms with Crippen molar-refractivity contribution in [3.8, 4) is 0 Å². The smallest absolute Gasteiger partial charge is 0.200 e. The minimum Gasteiger partial charge on any atom is -0.448 e. The standard InChI is InChI=1S/C28H33ClN2OS.2C2H6/c1-18-8-13-23-22(14-18)25(33-27(3,4)5)24(15-28(6,7)26-30-19(2)17-32-26)31(23)16-20-9-11-21(29)12-10-20;2*1-2/h8-14,17H,15-16H2,1-7H3;2*1-2H3. The molecule has 0 bridgehead atoms. The molecule has 0 aliphatic rings. The van der Waals surface area contributed by atoms with E-state index in [0.29, 0.717) is 0 Å². The molecular formula is C32H45ClN2OS. The van der Waals surface area contributed by atoms with Crippen molar-refractivity contribution in [2.24, 2.45) is 0 Å². The summed E-state index contributed by atoms with van der Waals surface area (Å²) in [6.45, 7) is 24.2. The van der Waals surface area contributed by atoms with Crippen molar-refractivity contribution in [1.82, 2.24) is 9.55 Å². The molecule has 0 N–H and O–H groups in total. The number of aryl methyl sites for hydroxylation is 2. The lowest BCUT2D eigenvalue weighted by molar-refractivity contribution is 0.360. The second-order valence-corrected chi connectivity index (χ2v) is 12.9. The van der Waals surface area contributed by atoms with E-state index < -0.39 is 0 Å². The third-order valence-electron chi connectivity index (χ3n) is 5.74. The van der Waals surface area contributed by atoms with E-state index in [0.717, 1.165) is 29.6 Å². The zero-order valence-electron chi connectivity index (χ0n) is 24.6. The molecule has 0 fully saturated rings. The van der Waals surface area contributed by atoms with Gasteiger partial charge in [0.15, 0.2) is 5.89 Å². The minimum absolute atomic E-state index is 0.0849. The molecule has 2 aromatic carbocycles. The quantitative estimate of drug-likeness (QED) is 0.228. The molecule has 202 valence electrons. The number of hydrogen-bond acceptors (Lipinski definition) is 3. The minimum atomic E-state index is -0.247. The normalized spacial score (nSPS) is 11.6. The molecule has 0 aliphatic carbocycles. The van der Waals surface area contributed by atoms with Crippen LogP contribution in [0.2, 0.25) is 5.02 Å². The van der Waals surface area contributed by atoms with E-state index in [1.807, 2.05) is 58.5 Å². The van der Waals surface area contributed by atoms with Gasteiger partial charge in [0.1, 0.15) is 6.26 Å². The van der Waals surface area contributed by atoms with E-state index in [9.17, 15) is 0 Å². The number of nitrogens with zero attached hydrogens (tertiary/aromatic N) is 2. The lowest BCUT2D eigenvalue weighted by Crippen LogP contribution is -2.24. The van der Waals surface area contributed by atoms with Gasteiger partial charge in [0.25, 0.3) is 0 Å². The number of hydrogen-bond donors (Lipinski definition) is 0. The molecule has 0 saturated heterocycles. The van der Waals surface area contributed by atoms with Gasteiger partial charge in [-0.1, -0.05) is 97.7 Å². The summed E-state index contributed by atoms with van der Waals surface area (Å²) in [5.41, 5.74) is 5.76. The van der Waals surface area contributed by atoms with Gasteiger partial charge in [-0.15, -0.1) is 11.8 Å². The molecule has 3 nitrogen and oxygen atoms in total. The fourth-order valence-electron chi connectivity index (χ4n) is 4.20. The number of fused-ring (bicyclic) bond motifs is 1. The molecule has 0 atom stereocenters. The van der Waals surface area contributed by atoms with Gasteiger partial charge >= 0.3 is 0 Å². The van der Waals surface area contributed by atoms with Crippen molar-refractivity contribution in [2.75, 3.05) is 0 Å². The maximum atomic E-state index is 6.16. The van der Waals surface area contributed by atoms with Gasteiger partial charge < -0.3 is 8.98 Å². The van der Waals surface area contributed by atoms with Crippen molar-refractivity contribution in [3.05, 3.63) is 82.2 Å². The zero-order valence-corrected chi connectivity index (χ0v) is 26.2. The summed E-state index contributed by atoms with van der Waals surface area (Å²) in [4.78, 5) is 6.03. The largest absolute Gasteiger partial charge is 0.448 e. The molecule has 0 aliphatic heterocycles. The van der Waals surface area contributed by atoms with Crippen molar-refractivity contribution in [1.29, 1.82) is 0 Å². The lowest BCUT2D eigenvalue weighted by atomic mass is 9.87. The van der Waals surface area contributed by atoms with Crippen LogP contribution in [0.5, 0.6) is 0 Å². The lowest BCUT2D eigenvalue weighted by Gasteiger charge is -2.25. The van der Waals surface area contributed by atoms with Crippen LogP contribution >= 0.6 is 23.4 Å². The molecule has 4 aromatic rings. The molecule has 4 rings (SSSR count). The number of thioether (sulfide) groups is 1. The Kier molecular flexibility index (Phi) is 11.0. The Hall–Kier alpha value is -2.17. The van der Waals surface area contributed by atoms with Gasteiger partial charge in [0.2, 0.25) is 0 Å². The highest BCUT2D eigenvalue weighted by Crippen LogP contribution is 2.44. The van der Waals surface area contributed by atoms with Crippen LogP contribution in [0.25, 0.3) is 10.9 Å². The predicted molar refractivity (Wildman–Crippen MR) is 164 cm³/mol. The monoisotopic (exact) mass is 540 g/mol. The molecule has 37 heavy (non-hydrogen) atoms. The van der Waals surface area contributed by atoms with Gasteiger partial charge in [-0.05, 0) is 43.7 Å². The highest BCUT2D eigenvalue weighted by atomic mass is 35.5. The maximum Gasteiger partial charge on any atom is 0.200 e. The molecule has 0 amide bonds. The van der Waals surface area contributed by atoms with Gasteiger partial charge in [-0.3, -0.25) is 0 Å². The van der Waals surface area contributed by atoms with Gasteiger partial charge in [-0.25, -0.2) is 4.98 Å². The highest BCUT2D eigenvalue weighted by molar-refractivity contribution is 8.00. The first-order valence-electron chi connectivity index (χ1n) is 13.4. The Bertz CT molecular complexity index is 1280. The maximum absolute atomic E-state index is 6.16. The van der Waals surface area contributed by atoms with Gasteiger partial charge in [0.05, 0.1) is 5.69 Å². The fourth-order valence-corrected chi connectivity index (χ4v) is 5.51. The summed E-state index contributed by atoms with van der Waals surface area (Å²) in [5, 5.41) is 2.08. The molecule has 0 unspecified atom stereocenters. The van der Waals surface area contributed by atoms with Crippen LogP contribution in [-0.4, -0.2) is 14.3 Å². The average molecular weight is 541 g/mol.